The van der Waals surface area contributed by atoms with E-state index in [0.717, 1.165) is 0 Å². The van der Waals surface area contributed by atoms with Crippen molar-refractivity contribution >= 4 is 17.4 Å². The van der Waals surface area contributed by atoms with Gasteiger partial charge in [-0.15, -0.1) is 0 Å². The van der Waals surface area contributed by atoms with E-state index in [0.29, 0.717) is 16.9 Å². The SMILES string of the molecule is CC(C)C(Nc1cncc(Cl)n1)c1ccccc1. The van der Waals surface area contributed by atoms with Gasteiger partial charge < -0.3 is 5.32 Å². The second-order valence-corrected chi connectivity index (χ2v) is 4.89. The highest BCUT2D eigenvalue weighted by Crippen LogP contribution is 2.25. The van der Waals surface area contributed by atoms with Gasteiger partial charge in [0.2, 0.25) is 0 Å². The van der Waals surface area contributed by atoms with Gasteiger partial charge in [0.05, 0.1) is 18.4 Å². The molecule has 1 atom stereocenters. The Hall–Kier alpha value is -1.61. The third-order valence-electron chi connectivity index (χ3n) is 2.73. The smallest absolute Gasteiger partial charge is 0.149 e. The van der Waals surface area contributed by atoms with Gasteiger partial charge >= 0.3 is 0 Å². The van der Waals surface area contributed by atoms with E-state index >= 15 is 0 Å². The van der Waals surface area contributed by atoms with Crippen LogP contribution in [0.1, 0.15) is 25.5 Å². The molecule has 2 rings (SSSR count). The van der Waals surface area contributed by atoms with Crippen molar-refractivity contribution in [2.24, 2.45) is 5.92 Å². The van der Waals surface area contributed by atoms with Gasteiger partial charge in [-0.25, -0.2) is 4.98 Å². The number of anilines is 1. The molecule has 1 heterocycles. The Balaban J connectivity index is 2.22. The van der Waals surface area contributed by atoms with Crippen molar-refractivity contribution in [2.45, 2.75) is 19.9 Å². The van der Waals surface area contributed by atoms with Crippen molar-refractivity contribution < 1.29 is 0 Å². The molecule has 1 unspecified atom stereocenters. The van der Waals surface area contributed by atoms with E-state index < -0.39 is 0 Å². The highest BCUT2D eigenvalue weighted by Gasteiger charge is 2.15. The number of rotatable bonds is 4. The van der Waals surface area contributed by atoms with Crippen molar-refractivity contribution in [3.05, 3.63) is 53.4 Å². The molecule has 4 heteroatoms. The normalized spacial score (nSPS) is 12.4. The van der Waals surface area contributed by atoms with Crippen LogP contribution in [0.5, 0.6) is 0 Å². The second-order valence-electron chi connectivity index (χ2n) is 4.50. The number of aromatic nitrogens is 2. The van der Waals surface area contributed by atoms with Crippen LogP contribution in [-0.2, 0) is 0 Å². The Morgan fingerprint density at radius 2 is 1.83 bits per heavy atom. The minimum absolute atomic E-state index is 0.193. The van der Waals surface area contributed by atoms with E-state index in [9.17, 15) is 0 Å². The number of nitrogens with one attached hydrogen (secondary N) is 1. The third kappa shape index (κ3) is 3.20. The Labute approximate surface area is 112 Å². The van der Waals surface area contributed by atoms with Gasteiger partial charge in [0.15, 0.2) is 0 Å². The standard InChI is InChI=1S/C14H16ClN3/c1-10(2)14(11-6-4-3-5-7-11)18-13-9-16-8-12(15)17-13/h3-10,14H,1-2H3,(H,17,18). The maximum Gasteiger partial charge on any atom is 0.149 e. The summed E-state index contributed by atoms with van der Waals surface area (Å²) in [6.45, 7) is 4.34. The summed E-state index contributed by atoms with van der Waals surface area (Å²) in [5, 5.41) is 3.78. The van der Waals surface area contributed by atoms with Crippen LogP contribution < -0.4 is 5.32 Å². The molecular weight excluding hydrogens is 246 g/mol. The van der Waals surface area contributed by atoms with Gasteiger partial charge in [0, 0.05) is 0 Å². The van der Waals surface area contributed by atoms with Crippen LogP contribution in [0.4, 0.5) is 5.82 Å². The second kappa shape index (κ2) is 5.83. The highest BCUT2D eigenvalue weighted by atomic mass is 35.5. The Kier molecular flexibility index (Phi) is 4.15. The summed E-state index contributed by atoms with van der Waals surface area (Å²) in [6, 6.07) is 10.5. The quantitative estimate of drug-likeness (QED) is 0.906. The lowest BCUT2D eigenvalue weighted by molar-refractivity contribution is 0.544. The summed E-state index contributed by atoms with van der Waals surface area (Å²) >= 11 is 5.84. The van der Waals surface area contributed by atoms with E-state index in [1.165, 1.54) is 11.8 Å². The topological polar surface area (TPSA) is 37.8 Å². The van der Waals surface area contributed by atoms with Crippen molar-refractivity contribution in [3.63, 3.8) is 0 Å². The molecule has 0 aliphatic rings. The number of halogens is 1. The number of benzene rings is 1. The number of nitrogens with zero attached hydrogens (tertiary/aromatic N) is 2. The lowest BCUT2D eigenvalue weighted by atomic mass is 9.96. The minimum atomic E-state index is 0.193. The zero-order chi connectivity index (χ0) is 13.0. The summed E-state index contributed by atoms with van der Waals surface area (Å²) in [5.41, 5.74) is 1.23. The summed E-state index contributed by atoms with van der Waals surface area (Å²) in [5.74, 6) is 1.14. The van der Waals surface area contributed by atoms with Crippen LogP contribution in [0.25, 0.3) is 0 Å². The first-order valence-corrected chi connectivity index (χ1v) is 6.33. The number of hydrogen-bond donors (Lipinski definition) is 1. The van der Waals surface area contributed by atoms with Crippen molar-refractivity contribution in [1.29, 1.82) is 0 Å². The minimum Gasteiger partial charge on any atom is -0.362 e. The van der Waals surface area contributed by atoms with E-state index in [-0.39, 0.29) is 6.04 Å². The van der Waals surface area contributed by atoms with Gasteiger partial charge in [-0.3, -0.25) is 4.98 Å². The van der Waals surface area contributed by atoms with Crippen LogP contribution in [0.3, 0.4) is 0 Å². The molecule has 0 bridgehead atoms. The molecule has 3 nitrogen and oxygen atoms in total. The molecule has 0 aliphatic heterocycles. The third-order valence-corrected chi connectivity index (χ3v) is 2.92. The van der Waals surface area contributed by atoms with Crippen molar-refractivity contribution in [3.8, 4) is 0 Å². The number of hydrogen-bond acceptors (Lipinski definition) is 3. The molecule has 0 spiro atoms. The lowest BCUT2D eigenvalue weighted by Crippen LogP contribution is -2.17. The van der Waals surface area contributed by atoms with Gasteiger partial charge in [-0.05, 0) is 11.5 Å². The van der Waals surface area contributed by atoms with E-state index in [4.69, 9.17) is 11.6 Å². The molecule has 1 aromatic carbocycles. The summed E-state index contributed by atoms with van der Waals surface area (Å²) < 4.78 is 0. The Morgan fingerprint density at radius 1 is 1.11 bits per heavy atom. The first kappa shape index (κ1) is 12.8. The average molecular weight is 262 g/mol. The maximum absolute atomic E-state index is 5.84. The van der Waals surface area contributed by atoms with Crippen molar-refractivity contribution in [2.75, 3.05) is 5.32 Å². The summed E-state index contributed by atoms with van der Waals surface area (Å²) in [6.07, 6.45) is 3.21. The Morgan fingerprint density at radius 3 is 2.44 bits per heavy atom. The molecule has 2 aromatic rings. The van der Waals surface area contributed by atoms with Crippen LogP contribution in [0, 0.1) is 5.92 Å². The first-order chi connectivity index (χ1) is 8.66. The molecule has 0 saturated heterocycles. The van der Waals surface area contributed by atoms with Crippen LogP contribution in [-0.4, -0.2) is 9.97 Å². The first-order valence-electron chi connectivity index (χ1n) is 5.96. The average Bonchev–Trinajstić information content (AvgIpc) is 2.37. The molecule has 0 radical (unpaired) electrons. The fourth-order valence-corrected chi connectivity index (χ4v) is 2.01. The molecular formula is C14H16ClN3. The molecule has 1 N–H and O–H groups in total. The fraction of sp³-hybridized carbons (Fsp3) is 0.286. The highest BCUT2D eigenvalue weighted by molar-refractivity contribution is 6.29. The fourth-order valence-electron chi connectivity index (χ4n) is 1.87. The lowest BCUT2D eigenvalue weighted by Gasteiger charge is -2.23. The van der Waals surface area contributed by atoms with Crippen molar-refractivity contribution in [1.82, 2.24) is 9.97 Å². The van der Waals surface area contributed by atoms with Gasteiger partial charge in [-0.2, -0.15) is 0 Å². The predicted octanol–water partition coefficient (Wildman–Crippen LogP) is 3.94. The largest absolute Gasteiger partial charge is 0.362 e. The van der Waals surface area contributed by atoms with Crippen LogP contribution >= 0.6 is 11.6 Å². The molecule has 0 saturated carbocycles. The van der Waals surface area contributed by atoms with Gasteiger partial charge in [0.1, 0.15) is 11.0 Å². The van der Waals surface area contributed by atoms with E-state index in [2.05, 4.69) is 41.3 Å². The molecule has 0 fully saturated rings. The molecule has 18 heavy (non-hydrogen) atoms. The summed E-state index contributed by atoms with van der Waals surface area (Å²) in [7, 11) is 0. The van der Waals surface area contributed by atoms with E-state index in [1.54, 1.807) is 6.20 Å². The molecule has 0 aliphatic carbocycles. The zero-order valence-electron chi connectivity index (χ0n) is 10.5. The van der Waals surface area contributed by atoms with Gasteiger partial charge in [-0.1, -0.05) is 55.8 Å². The summed E-state index contributed by atoms with van der Waals surface area (Å²) in [4.78, 5) is 8.25. The van der Waals surface area contributed by atoms with Gasteiger partial charge in [0.25, 0.3) is 0 Å². The Bertz CT molecular complexity index is 499. The molecule has 94 valence electrons. The van der Waals surface area contributed by atoms with Crippen LogP contribution in [0.2, 0.25) is 5.15 Å². The molecule has 0 amide bonds. The monoisotopic (exact) mass is 261 g/mol. The van der Waals surface area contributed by atoms with Crippen LogP contribution in [0.15, 0.2) is 42.7 Å². The maximum atomic E-state index is 5.84. The molecule has 1 aromatic heterocycles. The zero-order valence-corrected chi connectivity index (χ0v) is 11.2. The predicted molar refractivity (Wildman–Crippen MR) is 74.7 cm³/mol. The van der Waals surface area contributed by atoms with E-state index in [1.807, 2.05) is 18.2 Å².